The average molecular weight is 299 g/mol. The van der Waals surface area contributed by atoms with E-state index in [1.807, 2.05) is 48.5 Å². The third-order valence-electron chi connectivity index (χ3n) is 3.33. The summed E-state index contributed by atoms with van der Waals surface area (Å²) in [6, 6.07) is 14.9. The summed E-state index contributed by atoms with van der Waals surface area (Å²) >= 11 is 0. The molecule has 0 aromatic heterocycles. The largest absolute Gasteiger partial charge is 0.481 e. The van der Waals surface area contributed by atoms with Gasteiger partial charge in [-0.15, -0.1) is 0 Å². The van der Waals surface area contributed by atoms with E-state index in [1.165, 1.54) is 0 Å². The Morgan fingerprint density at radius 1 is 1.18 bits per heavy atom. The van der Waals surface area contributed by atoms with Crippen molar-refractivity contribution in [3.8, 4) is 17.2 Å². The van der Waals surface area contributed by atoms with Crippen molar-refractivity contribution in [2.24, 2.45) is 0 Å². The van der Waals surface area contributed by atoms with Crippen LogP contribution in [0, 0.1) is 0 Å². The molecule has 0 saturated heterocycles. The van der Waals surface area contributed by atoms with E-state index in [1.54, 1.807) is 6.92 Å². The molecule has 2 aromatic carbocycles. The second-order valence-corrected chi connectivity index (χ2v) is 4.98. The Labute approximate surface area is 128 Å². The number of carbonyl (C=O) groups is 1. The maximum absolute atomic E-state index is 12.1. The molecule has 0 spiro atoms. The van der Waals surface area contributed by atoms with E-state index in [0.29, 0.717) is 18.0 Å². The molecule has 114 valence electrons. The molecule has 0 unspecified atom stereocenters. The van der Waals surface area contributed by atoms with Gasteiger partial charge in [0.1, 0.15) is 5.75 Å². The second kappa shape index (κ2) is 6.39. The highest BCUT2D eigenvalue weighted by atomic mass is 16.7. The Morgan fingerprint density at radius 3 is 2.77 bits per heavy atom. The minimum atomic E-state index is -0.559. The molecule has 0 aliphatic carbocycles. The number of hydrogen-bond donors (Lipinski definition) is 1. The second-order valence-electron chi connectivity index (χ2n) is 4.98. The minimum absolute atomic E-state index is 0.165. The van der Waals surface area contributed by atoms with Gasteiger partial charge in [-0.2, -0.15) is 0 Å². The first kappa shape index (κ1) is 14.3. The van der Waals surface area contributed by atoms with Crippen LogP contribution in [0.15, 0.2) is 48.5 Å². The van der Waals surface area contributed by atoms with Gasteiger partial charge in [-0.25, -0.2) is 0 Å². The quantitative estimate of drug-likeness (QED) is 0.921. The van der Waals surface area contributed by atoms with Crippen molar-refractivity contribution < 1.29 is 19.0 Å². The molecule has 22 heavy (non-hydrogen) atoms. The van der Waals surface area contributed by atoms with Crippen molar-refractivity contribution in [3.63, 3.8) is 0 Å². The van der Waals surface area contributed by atoms with Crippen LogP contribution >= 0.6 is 0 Å². The predicted molar refractivity (Wildman–Crippen MR) is 80.9 cm³/mol. The molecule has 5 nitrogen and oxygen atoms in total. The molecule has 1 amide bonds. The van der Waals surface area contributed by atoms with Crippen LogP contribution < -0.4 is 19.5 Å². The van der Waals surface area contributed by atoms with Crippen LogP contribution in [0.3, 0.4) is 0 Å². The predicted octanol–water partition coefficient (Wildman–Crippen LogP) is 2.50. The van der Waals surface area contributed by atoms with Crippen molar-refractivity contribution in [1.82, 2.24) is 5.32 Å². The van der Waals surface area contributed by atoms with Gasteiger partial charge in [0.15, 0.2) is 17.6 Å². The minimum Gasteiger partial charge on any atom is -0.481 e. The summed E-state index contributed by atoms with van der Waals surface area (Å²) in [4.78, 5) is 12.1. The topological polar surface area (TPSA) is 56.8 Å². The smallest absolute Gasteiger partial charge is 0.261 e. The molecule has 0 radical (unpaired) electrons. The fourth-order valence-corrected chi connectivity index (χ4v) is 2.14. The Hall–Kier alpha value is -2.69. The monoisotopic (exact) mass is 299 g/mol. The van der Waals surface area contributed by atoms with Crippen molar-refractivity contribution in [2.45, 2.75) is 19.6 Å². The maximum atomic E-state index is 12.1. The lowest BCUT2D eigenvalue weighted by molar-refractivity contribution is -0.127. The van der Waals surface area contributed by atoms with Crippen molar-refractivity contribution in [3.05, 3.63) is 54.1 Å². The molecule has 2 aromatic rings. The molecular formula is C17H17NO4. The van der Waals surface area contributed by atoms with E-state index in [2.05, 4.69) is 5.32 Å². The van der Waals surface area contributed by atoms with Crippen molar-refractivity contribution in [1.29, 1.82) is 0 Å². The van der Waals surface area contributed by atoms with Gasteiger partial charge in [-0.3, -0.25) is 4.79 Å². The van der Waals surface area contributed by atoms with Gasteiger partial charge in [-0.1, -0.05) is 24.3 Å². The highest BCUT2D eigenvalue weighted by molar-refractivity contribution is 5.80. The lowest BCUT2D eigenvalue weighted by Crippen LogP contribution is -2.35. The molecule has 1 heterocycles. The maximum Gasteiger partial charge on any atom is 0.261 e. The van der Waals surface area contributed by atoms with Crippen LogP contribution in [0.25, 0.3) is 0 Å². The van der Waals surface area contributed by atoms with E-state index in [4.69, 9.17) is 14.2 Å². The molecule has 1 atom stereocenters. The third kappa shape index (κ3) is 3.31. The Kier molecular flexibility index (Phi) is 4.14. The van der Waals surface area contributed by atoms with E-state index in [-0.39, 0.29) is 12.7 Å². The molecule has 1 aliphatic heterocycles. The Bertz CT molecular complexity index is 657. The molecule has 1 N–H and O–H groups in total. The van der Waals surface area contributed by atoms with Crippen LogP contribution in [0.4, 0.5) is 0 Å². The number of benzene rings is 2. The summed E-state index contributed by atoms with van der Waals surface area (Å²) in [5, 5.41) is 2.85. The van der Waals surface area contributed by atoms with Gasteiger partial charge in [0.05, 0.1) is 0 Å². The van der Waals surface area contributed by atoms with Crippen LogP contribution in [0.5, 0.6) is 17.2 Å². The standard InChI is InChI=1S/C17H17NO4/c1-12(22-14-5-3-2-4-6-14)17(19)18-10-13-7-8-15-16(9-13)21-11-20-15/h2-9,12H,10-11H2,1H3,(H,18,19)/t12-/m1/s1. The number of hydrogen-bond acceptors (Lipinski definition) is 4. The fraction of sp³-hybridized carbons (Fsp3) is 0.235. The van der Waals surface area contributed by atoms with Crippen LogP contribution in [-0.4, -0.2) is 18.8 Å². The molecular weight excluding hydrogens is 282 g/mol. The summed E-state index contributed by atoms with van der Waals surface area (Å²) in [5.41, 5.74) is 0.949. The van der Waals surface area contributed by atoms with Gasteiger partial charge in [-0.05, 0) is 36.8 Å². The number of fused-ring (bicyclic) bond motifs is 1. The number of carbonyl (C=O) groups excluding carboxylic acids is 1. The summed E-state index contributed by atoms with van der Waals surface area (Å²) in [7, 11) is 0. The first-order valence-electron chi connectivity index (χ1n) is 7.10. The first-order chi connectivity index (χ1) is 10.7. The van der Waals surface area contributed by atoms with E-state index in [0.717, 1.165) is 11.3 Å². The lowest BCUT2D eigenvalue weighted by atomic mass is 10.2. The Balaban J connectivity index is 1.53. The third-order valence-corrected chi connectivity index (χ3v) is 3.33. The number of amides is 1. The normalized spacial score (nSPS) is 13.5. The van der Waals surface area contributed by atoms with Gasteiger partial charge in [0, 0.05) is 6.54 Å². The van der Waals surface area contributed by atoms with Gasteiger partial charge >= 0.3 is 0 Å². The van der Waals surface area contributed by atoms with Gasteiger partial charge in [0.25, 0.3) is 5.91 Å². The summed E-state index contributed by atoms with van der Waals surface area (Å²) < 4.78 is 16.1. The molecule has 0 bridgehead atoms. The fourth-order valence-electron chi connectivity index (χ4n) is 2.14. The van der Waals surface area contributed by atoms with Crippen molar-refractivity contribution in [2.75, 3.05) is 6.79 Å². The zero-order valence-corrected chi connectivity index (χ0v) is 12.2. The van der Waals surface area contributed by atoms with E-state index >= 15 is 0 Å². The van der Waals surface area contributed by atoms with Gasteiger partial charge < -0.3 is 19.5 Å². The molecule has 3 rings (SSSR count). The molecule has 0 fully saturated rings. The molecule has 1 aliphatic rings. The highest BCUT2D eigenvalue weighted by Crippen LogP contribution is 2.32. The molecule has 0 saturated carbocycles. The number of ether oxygens (including phenoxy) is 3. The SMILES string of the molecule is C[C@@H](Oc1ccccc1)C(=O)NCc1ccc2c(c1)OCO2. The number of rotatable bonds is 5. The van der Waals surface area contributed by atoms with Gasteiger partial charge in [0.2, 0.25) is 6.79 Å². The van der Waals surface area contributed by atoms with Crippen LogP contribution in [0.1, 0.15) is 12.5 Å². The Morgan fingerprint density at radius 2 is 1.95 bits per heavy atom. The zero-order valence-electron chi connectivity index (χ0n) is 12.2. The number of para-hydroxylation sites is 1. The lowest BCUT2D eigenvalue weighted by Gasteiger charge is -2.14. The van der Waals surface area contributed by atoms with E-state index < -0.39 is 6.10 Å². The summed E-state index contributed by atoms with van der Waals surface area (Å²) in [6.07, 6.45) is -0.559. The highest BCUT2D eigenvalue weighted by Gasteiger charge is 2.16. The average Bonchev–Trinajstić information content (AvgIpc) is 3.01. The van der Waals surface area contributed by atoms with Crippen LogP contribution in [-0.2, 0) is 11.3 Å². The molecule has 5 heteroatoms. The van der Waals surface area contributed by atoms with E-state index in [9.17, 15) is 4.79 Å². The summed E-state index contributed by atoms with van der Waals surface area (Å²) in [6.45, 7) is 2.38. The summed E-state index contributed by atoms with van der Waals surface area (Å²) in [5.74, 6) is 1.95. The van der Waals surface area contributed by atoms with Crippen molar-refractivity contribution >= 4 is 5.91 Å². The van der Waals surface area contributed by atoms with Crippen LogP contribution in [0.2, 0.25) is 0 Å². The zero-order chi connectivity index (χ0) is 15.4. The number of nitrogens with one attached hydrogen (secondary N) is 1. The first-order valence-corrected chi connectivity index (χ1v) is 7.10.